The molecule has 0 aliphatic heterocycles. The van der Waals surface area contributed by atoms with Crippen molar-refractivity contribution in [2.45, 2.75) is 24.0 Å². The van der Waals surface area contributed by atoms with Crippen LogP contribution in [0, 0.1) is 0 Å². The van der Waals surface area contributed by atoms with Gasteiger partial charge in [-0.15, -0.1) is 0 Å². The van der Waals surface area contributed by atoms with Gasteiger partial charge in [0.2, 0.25) is 15.9 Å². The van der Waals surface area contributed by atoms with E-state index in [1.807, 2.05) is 0 Å². The van der Waals surface area contributed by atoms with Crippen LogP contribution in [0.2, 0.25) is 0 Å². The zero-order valence-electron chi connectivity index (χ0n) is 13.0. The van der Waals surface area contributed by atoms with E-state index >= 15 is 0 Å². The average Bonchev–Trinajstić information content (AvgIpc) is 2.53. The Morgan fingerprint density at radius 1 is 1.08 bits per heavy atom. The maximum Gasteiger partial charge on any atom is 0.416 e. The van der Waals surface area contributed by atoms with Crippen molar-refractivity contribution in [2.75, 3.05) is 0 Å². The Balaban J connectivity index is 2.31. The molecule has 0 heterocycles. The van der Waals surface area contributed by atoms with Crippen molar-refractivity contribution in [3.8, 4) is 0 Å². The number of rotatable bonds is 5. The third-order valence-corrected chi connectivity index (χ3v) is 5.07. The van der Waals surface area contributed by atoms with Gasteiger partial charge in [-0.05, 0) is 42.8 Å². The van der Waals surface area contributed by atoms with Crippen LogP contribution in [0.15, 0.2) is 53.4 Å². The van der Waals surface area contributed by atoms with Crippen molar-refractivity contribution >= 4 is 15.9 Å². The summed E-state index contributed by atoms with van der Waals surface area (Å²) in [4.78, 5) is 10.8. The molecule has 0 aliphatic carbocycles. The van der Waals surface area contributed by atoms with Crippen LogP contribution in [0.25, 0.3) is 0 Å². The average molecular weight is 372 g/mol. The summed E-state index contributed by atoms with van der Waals surface area (Å²) < 4.78 is 66.1. The molecule has 0 aliphatic rings. The van der Waals surface area contributed by atoms with Gasteiger partial charge in [0.15, 0.2) is 0 Å². The Kier molecular flexibility index (Phi) is 5.19. The van der Waals surface area contributed by atoms with Crippen molar-refractivity contribution in [3.63, 3.8) is 0 Å². The van der Waals surface area contributed by atoms with E-state index < -0.39 is 33.7 Å². The molecular formula is C16H15F3N2O3S. The summed E-state index contributed by atoms with van der Waals surface area (Å²) in [7, 11) is -4.08. The Hall–Kier alpha value is -2.39. The zero-order chi connectivity index (χ0) is 18.8. The number of nitrogens with one attached hydrogen (secondary N) is 1. The number of amides is 1. The van der Waals surface area contributed by atoms with E-state index in [9.17, 15) is 26.4 Å². The molecule has 25 heavy (non-hydrogen) atoms. The van der Waals surface area contributed by atoms with E-state index in [4.69, 9.17) is 5.73 Å². The molecule has 9 heteroatoms. The molecule has 0 radical (unpaired) electrons. The summed E-state index contributed by atoms with van der Waals surface area (Å²) in [5, 5.41) is 0. The number of carbonyl (C=O) groups is 1. The highest BCUT2D eigenvalue weighted by molar-refractivity contribution is 7.89. The number of alkyl halides is 3. The van der Waals surface area contributed by atoms with E-state index in [0.717, 1.165) is 18.2 Å². The monoisotopic (exact) mass is 372 g/mol. The lowest BCUT2D eigenvalue weighted by molar-refractivity contribution is -0.138. The Morgan fingerprint density at radius 3 is 2.16 bits per heavy atom. The fourth-order valence-corrected chi connectivity index (χ4v) is 3.52. The summed E-state index contributed by atoms with van der Waals surface area (Å²) in [6.45, 7) is 1.32. The van der Waals surface area contributed by atoms with Crippen molar-refractivity contribution < 1.29 is 26.4 Å². The van der Waals surface area contributed by atoms with Crippen LogP contribution in [0.4, 0.5) is 13.2 Å². The van der Waals surface area contributed by atoms with Crippen LogP contribution in [-0.2, 0) is 16.2 Å². The van der Waals surface area contributed by atoms with Gasteiger partial charge in [0.25, 0.3) is 0 Å². The molecule has 2 aromatic rings. The van der Waals surface area contributed by atoms with Gasteiger partial charge in [0, 0.05) is 11.6 Å². The van der Waals surface area contributed by atoms with Gasteiger partial charge in [-0.1, -0.05) is 18.2 Å². The lowest BCUT2D eigenvalue weighted by atomic mass is 10.0. The number of hydrogen-bond donors (Lipinski definition) is 2. The summed E-state index contributed by atoms with van der Waals surface area (Å²) in [5.74, 6) is -0.718. The number of halogens is 3. The number of hydrogen-bond acceptors (Lipinski definition) is 3. The fourth-order valence-electron chi connectivity index (χ4n) is 2.30. The SMILES string of the molecule is C[C@H](NS(=O)(=O)c1ccc(C(N)=O)cc1)c1ccccc1C(F)(F)F. The van der Waals surface area contributed by atoms with Gasteiger partial charge < -0.3 is 5.73 Å². The molecule has 5 nitrogen and oxygen atoms in total. The number of primary amides is 1. The van der Waals surface area contributed by atoms with E-state index in [0.29, 0.717) is 0 Å². The predicted octanol–water partition coefficient (Wildman–Crippen LogP) is 2.84. The summed E-state index contributed by atoms with van der Waals surface area (Å²) in [6.07, 6.45) is -4.60. The first kappa shape index (κ1) is 18.9. The first-order valence-electron chi connectivity index (χ1n) is 7.10. The van der Waals surface area contributed by atoms with Crippen LogP contribution in [0.5, 0.6) is 0 Å². The molecule has 134 valence electrons. The molecule has 0 aromatic heterocycles. The molecule has 1 atom stereocenters. The number of benzene rings is 2. The van der Waals surface area contributed by atoms with Crippen molar-refractivity contribution in [2.24, 2.45) is 5.73 Å². The smallest absolute Gasteiger partial charge is 0.366 e. The normalized spacial score (nSPS) is 13.4. The molecule has 3 N–H and O–H groups in total. The van der Waals surface area contributed by atoms with E-state index in [1.165, 1.54) is 37.3 Å². The zero-order valence-corrected chi connectivity index (χ0v) is 13.9. The second-order valence-corrected chi connectivity index (χ2v) is 7.03. The molecule has 0 bridgehead atoms. The molecule has 0 saturated heterocycles. The lowest BCUT2D eigenvalue weighted by Crippen LogP contribution is -2.28. The standard InChI is InChI=1S/C16H15F3N2O3S/c1-10(13-4-2-3-5-14(13)16(17,18)19)21-25(23,24)12-8-6-11(7-9-12)15(20)22/h2-10,21H,1H3,(H2,20,22)/t10-/m0/s1. The van der Waals surface area contributed by atoms with Gasteiger partial charge in [0.05, 0.1) is 10.5 Å². The summed E-state index contributed by atoms with van der Waals surface area (Å²) in [5.41, 5.74) is 4.10. The fraction of sp³-hybridized carbons (Fsp3) is 0.188. The molecule has 0 spiro atoms. The van der Waals surface area contributed by atoms with Crippen molar-refractivity contribution in [3.05, 3.63) is 65.2 Å². The minimum Gasteiger partial charge on any atom is -0.366 e. The molecule has 2 rings (SSSR count). The first-order valence-corrected chi connectivity index (χ1v) is 8.59. The molecule has 2 aromatic carbocycles. The minimum atomic E-state index is -4.60. The second kappa shape index (κ2) is 6.85. The third-order valence-electron chi connectivity index (χ3n) is 3.51. The molecule has 1 amide bonds. The molecule has 0 saturated carbocycles. The number of nitrogens with two attached hydrogens (primary N) is 1. The number of sulfonamides is 1. The highest BCUT2D eigenvalue weighted by Gasteiger charge is 2.34. The van der Waals surface area contributed by atoms with E-state index in [1.54, 1.807) is 0 Å². The maximum atomic E-state index is 13.1. The topological polar surface area (TPSA) is 89.3 Å². The Morgan fingerprint density at radius 2 is 1.64 bits per heavy atom. The van der Waals surface area contributed by atoms with Gasteiger partial charge in [-0.25, -0.2) is 13.1 Å². The quantitative estimate of drug-likeness (QED) is 0.846. The van der Waals surface area contributed by atoms with Crippen LogP contribution < -0.4 is 10.5 Å². The first-order chi connectivity index (χ1) is 11.5. The Labute approximate surface area is 142 Å². The Bertz CT molecular complexity index is 878. The summed E-state index contributed by atoms with van der Waals surface area (Å²) in [6, 6.07) is 8.39. The van der Waals surface area contributed by atoms with Crippen molar-refractivity contribution in [1.82, 2.24) is 4.72 Å². The maximum absolute atomic E-state index is 13.1. The highest BCUT2D eigenvalue weighted by Crippen LogP contribution is 2.34. The number of carbonyl (C=O) groups excluding carboxylic acids is 1. The van der Waals surface area contributed by atoms with Crippen molar-refractivity contribution in [1.29, 1.82) is 0 Å². The van der Waals surface area contributed by atoms with Crippen LogP contribution in [0.3, 0.4) is 0 Å². The van der Waals surface area contributed by atoms with Gasteiger partial charge >= 0.3 is 6.18 Å². The lowest BCUT2D eigenvalue weighted by Gasteiger charge is -2.19. The van der Waals surface area contributed by atoms with Gasteiger partial charge in [0.1, 0.15) is 0 Å². The molecule has 0 unspecified atom stereocenters. The second-order valence-electron chi connectivity index (χ2n) is 5.32. The van der Waals surface area contributed by atoms with Crippen LogP contribution in [-0.4, -0.2) is 14.3 Å². The van der Waals surface area contributed by atoms with E-state index in [2.05, 4.69) is 4.72 Å². The van der Waals surface area contributed by atoms with Crippen LogP contribution in [0.1, 0.15) is 34.5 Å². The summed E-state index contributed by atoms with van der Waals surface area (Å²) >= 11 is 0. The molecule has 0 fully saturated rings. The third kappa shape index (κ3) is 4.37. The van der Waals surface area contributed by atoms with Gasteiger partial charge in [-0.3, -0.25) is 4.79 Å². The minimum absolute atomic E-state index is 0.120. The molecular weight excluding hydrogens is 357 g/mol. The van der Waals surface area contributed by atoms with Crippen LogP contribution >= 0.6 is 0 Å². The van der Waals surface area contributed by atoms with E-state index in [-0.39, 0.29) is 16.0 Å². The highest BCUT2D eigenvalue weighted by atomic mass is 32.2. The predicted molar refractivity (Wildman–Crippen MR) is 85.1 cm³/mol. The van der Waals surface area contributed by atoms with Gasteiger partial charge in [-0.2, -0.15) is 13.2 Å². The largest absolute Gasteiger partial charge is 0.416 e.